The van der Waals surface area contributed by atoms with Crippen LogP contribution in [0.2, 0.25) is 0 Å². The van der Waals surface area contributed by atoms with Gasteiger partial charge >= 0.3 is 0 Å². The van der Waals surface area contributed by atoms with Crippen LogP contribution in [0.15, 0.2) is 42.5 Å². The Morgan fingerprint density at radius 3 is 2.65 bits per heavy atom. The Kier molecular flexibility index (Phi) is 2.37. The van der Waals surface area contributed by atoms with Crippen LogP contribution in [0.1, 0.15) is 18.1 Å². The van der Waals surface area contributed by atoms with E-state index in [1.807, 2.05) is 12.1 Å². The summed E-state index contributed by atoms with van der Waals surface area (Å²) in [5.74, 6) is 0. The summed E-state index contributed by atoms with van der Waals surface area (Å²) in [4.78, 5) is 0. The molecule has 0 bridgehead atoms. The molecule has 2 nitrogen and oxygen atoms in total. The Morgan fingerprint density at radius 2 is 1.82 bits per heavy atom. The first-order valence-electron chi connectivity index (χ1n) is 5.90. The number of hydrogen-bond donors (Lipinski definition) is 2. The molecule has 2 aromatic carbocycles. The lowest BCUT2D eigenvalue weighted by molar-refractivity contribution is 0.224. The molecular formula is C15H15NO. The average Bonchev–Trinajstić information content (AvgIpc) is 2.68. The maximum absolute atomic E-state index is 9.44. The minimum absolute atomic E-state index is 0.523. The monoisotopic (exact) mass is 225 g/mol. The van der Waals surface area contributed by atoms with E-state index in [9.17, 15) is 5.11 Å². The number of aliphatic hydroxyl groups is 1. The van der Waals surface area contributed by atoms with Crippen LogP contribution >= 0.6 is 0 Å². The normalized spacial score (nSPS) is 14.0. The molecule has 17 heavy (non-hydrogen) atoms. The summed E-state index contributed by atoms with van der Waals surface area (Å²) in [7, 11) is 0. The minimum atomic E-state index is -0.523. The largest absolute Gasteiger partial charge is 0.374 e. The summed E-state index contributed by atoms with van der Waals surface area (Å²) in [5.41, 5.74) is 6.29. The summed E-state index contributed by atoms with van der Waals surface area (Å²) in [5, 5.41) is 12.5. The van der Waals surface area contributed by atoms with Gasteiger partial charge in [0.25, 0.3) is 0 Å². The van der Waals surface area contributed by atoms with E-state index in [-0.39, 0.29) is 0 Å². The summed E-state index contributed by atoms with van der Waals surface area (Å²) in [6.45, 7) is 1.74. The van der Waals surface area contributed by atoms with E-state index < -0.39 is 6.23 Å². The SMILES string of the molecule is CC(O)Nc1cccc2c1Cc1ccccc1-2. The Morgan fingerprint density at radius 1 is 1.06 bits per heavy atom. The van der Waals surface area contributed by atoms with Gasteiger partial charge in [-0.25, -0.2) is 0 Å². The Hall–Kier alpha value is -1.80. The van der Waals surface area contributed by atoms with Crippen LogP contribution in [0, 0.1) is 0 Å². The number of hydrogen-bond acceptors (Lipinski definition) is 2. The predicted octanol–water partition coefficient (Wildman–Crippen LogP) is 3.01. The highest BCUT2D eigenvalue weighted by molar-refractivity contribution is 5.81. The molecule has 0 fully saturated rings. The highest BCUT2D eigenvalue weighted by atomic mass is 16.3. The van der Waals surface area contributed by atoms with E-state index in [0.717, 1.165) is 12.1 Å². The van der Waals surface area contributed by atoms with Crippen molar-refractivity contribution in [3.63, 3.8) is 0 Å². The predicted molar refractivity (Wildman–Crippen MR) is 70.0 cm³/mol. The maximum Gasteiger partial charge on any atom is 0.121 e. The quantitative estimate of drug-likeness (QED) is 0.657. The van der Waals surface area contributed by atoms with E-state index in [4.69, 9.17) is 0 Å². The number of nitrogens with one attached hydrogen (secondary N) is 1. The van der Waals surface area contributed by atoms with Crippen molar-refractivity contribution in [2.45, 2.75) is 19.6 Å². The Labute approximate surface area is 101 Å². The molecule has 2 N–H and O–H groups in total. The third kappa shape index (κ3) is 1.71. The van der Waals surface area contributed by atoms with E-state index in [2.05, 4.69) is 35.6 Å². The molecule has 1 unspecified atom stereocenters. The van der Waals surface area contributed by atoms with Crippen molar-refractivity contribution in [1.82, 2.24) is 0 Å². The fraction of sp³-hybridized carbons (Fsp3) is 0.200. The summed E-state index contributed by atoms with van der Waals surface area (Å²) < 4.78 is 0. The lowest BCUT2D eigenvalue weighted by atomic mass is 10.1. The third-order valence-electron chi connectivity index (χ3n) is 3.22. The molecule has 0 aliphatic heterocycles. The first-order chi connectivity index (χ1) is 8.25. The van der Waals surface area contributed by atoms with Crippen LogP contribution < -0.4 is 5.32 Å². The van der Waals surface area contributed by atoms with E-state index in [0.29, 0.717) is 0 Å². The van der Waals surface area contributed by atoms with Gasteiger partial charge < -0.3 is 10.4 Å². The number of fused-ring (bicyclic) bond motifs is 3. The molecule has 1 atom stereocenters. The highest BCUT2D eigenvalue weighted by Crippen LogP contribution is 2.39. The molecule has 0 saturated carbocycles. The molecule has 86 valence electrons. The average molecular weight is 225 g/mol. The summed E-state index contributed by atoms with van der Waals surface area (Å²) in [6, 6.07) is 14.7. The lowest BCUT2D eigenvalue weighted by Crippen LogP contribution is -2.14. The van der Waals surface area contributed by atoms with Gasteiger partial charge in [-0.2, -0.15) is 0 Å². The molecule has 0 radical (unpaired) electrons. The topological polar surface area (TPSA) is 32.3 Å². The van der Waals surface area contributed by atoms with Crippen molar-refractivity contribution >= 4 is 5.69 Å². The van der Waals surface area contributed by atoms with Gasteiger partial charge in [-0.1, -0.05) is 36.4 Å². The Bertz CT molecular complexity index is 561. The number of aliphatic hydroxyl groups excluding tert-OH is 1. The van der Waals surface area contributed by atoms with Crippen LogP contribution in [0.25, 0.3) is 11.1 Å². The zero-order chi connectivity index (χ0) is 11.8. The molecule has 0 spiro atoms. The van der Waals surface area contributed by atoms with Gasteiger partial charge in [-0.15, -0.1) is 0 Å². The highest BCUT2D eigenvalue weighted by Gasteiger charge is 2.20. The molecule has 1 aliphatic carbocycles. The third-order valence-corrected chi connectivity index (χ3v) is 3.22. The van der Waals surface area contributed by atoms with Gasteiger partial charge in [0.15, 0.2) is 0 Å². The smallest absolute Gasteiger partial charge is 0.121 e. The number of rotatable bonds is 2. The van der Waals surface area contributed by atoms with Gasteiger partial charge in [0.05, 0.1) is 0 Å². The summed E-state index contributed by atoms with van der Waals surface area (Å²) >= 11 is 0. The second-order valence-corrected chi connectivity index (χ2v) is 4.49. The van der Waals surface area contributed by atoms with Gasteiger partial charge in [0, 0.05) is 12.1 Å². The van der Waals surface area contributed by atoms with Crippen LogP contribution in [-0.4, -0.2) is 11.3 Å². The fourth-order valence-corrected chi connectivity index (χ4v) is 2.52. The zero-order valence-corrected chi connectivity index (χ0v) is 9.77. The lowest BCUT2D eigenvalue weighted by Gasteiger charge is -2.13. The fourth-order valence-electron chi connectivity index (χ4n) is 2.52. The maximum atomic E-state index is 9.44. The van der Waals surface area contributed by atoms with Gasteiger partial charge in [0.2, 0.25) is 0 Å². The van der Waals surface area contributed by atoms with E-state index in [1.54, 1.807) is 6.92 Å². The second kappa shape index (κ2) is 3.90. The molecule has 0 saturated heterocycles. The van der Waals surface area contributed by atoms with Crippen molar-refractivity contribution in [1.29, 1.82) is 0 Å². The minimum Gasteiger partial charge on any atom is -0.374 e. The number of benzene rings is 2. The first kappa shape index (κ1) is 10.4. The van der Waals surface area contributed by atoms with Crippen molar-refractivity contribution in [3.05, 3.63) is 53.6 Å². The Balaban J connectivity index is 2.11. The van der Waals surface area contributed by atoms with Crippen molar-refractivity contribution in [2.24, 2.45) is 0 Å². The molecule has 2 heteroatoms. The summed E-state index contributed by atoms with van der Waals surface area (Å²) in [6.07, 6.45) is 0.423. The van der Waals surface area contributed by atoms with Gasteiger partial charge in [-0.3, -0.25) is 0 Å². The van der Waals surface area contributed by atoms with E-state index in [1.165, 1.54) is 22.3 Å². The number of anilines is 1. The second-order valence-electron chi connectivity index (χ2n) is 4.49. The first-order valence-corrected chi connectivity index (χ1v) is 5.90. The van der Waals surface area contributed by atoms with Crippen LogP contribution in [-0.2, 0) is 6.42 Å². The molecule has 0 amide bonds. The van der Waals surface area contributed by atoms with Crippen LogP contribution in [0.5, 0.6) is 0 Å². The van der Waals surface area contributed by atoms with Crippen molar-refractivity contribution in [3.8, 4) is 11.1 Å². The molecular weight excluding hydrogens is 210 g/mol. The molecule has 0 heterocycles. The zero-order valence-electron chi connectivity index (χ0n) is 9.77. The molecule has 2 aromatic rings. The van der Waals surface area contributed by atoms with Crippen LogP contribution in [0.3, 0.4) is 0 Å². The van der Waals surface area contributed by atoms with E-state index >= 15 is 0 Å². The van der Waals surface area contributed by atoms with Crippen molar-refractivity contribution in [2.75, 3.05) is 5.32 Å². The van der Waals surface area contributed by atoms with Gasteiger partial charge in [-0.05, 0) is 35.2 Å². The molecule has 3 rings (SSSR count). The standard InChI is InChI=1S/C15H15NO/c1-10(17)16-15-8-4-7-13-12-6-3-2-5-11(12)9-14(13)15/h2-8,10,16-17H,9H2,1H3. The molecule has 0 aromatic heterocycles. The van der Waals surface area contributed by atoms with Crippen molar-refractivity contribution < 1.29 is 5.11 Å². The van der Waals surface area contributed by atoms with Gasteiger partial charge in [0.1, 0.15) is 6.23 Å². The van der Waals surface area contributed by atoms with Crippen LogP contribution in [0.4, 0.5) is 5.69 Å². The molecule has 1 aliphatic rings.